The molecule has 2 N–H and O–H groups in total. The quantitative estimate of drug-likeness (QED) is 0.735. The number of hydrogen-bond acceptors (Lipinski definition) is 4. The topological polar surface area (TPSA) is 49.8 Å². The first-order chi connectivity index (χ1) is 7.33. The van der Waals surface area contributed by atoms with Gasteiger partial charge in [0.05, 0.1) is 5.69 Å². The molecule has 84 valence electrons. The minimum absolute atomic E-state index is 0.868. The van der Waals surface area contributed by atoms with E-state index in [2.05, 4.69) is 34.4 Å². The minimum Gasteiger partial charge on any atom is -0.373 e. The van der Waals surface area contributed by atoms with E-state index in [-0.39, 0.29) is 0 Å². The Bertz CT molecular complexity index is 284. The number of aromatic nitrogens is 2. The fourth-order valence-corrected chi connectivity index (χ4v) is 1.50. The largest absolute Gasteiger partial charge is 0.373 e. The standard InChI is InChI=1S/C8H12N4.C3H8/c1-9-8-6-2-3-10-4-7(6)11-5-12-8;1-3-2/h5,10H,2-4H2,1H3,(H,9,11,12);3H2,1-2H3. The Morgan fingerprint density at radius 1 is 1.40 bits per heavy atom. The molecule has 0 radical (unpaired) electrons. The number of nitrogens with one attached hydrogen (secondary N) is 2. The third-order valence-corrected chi connectivity index (χ3v) is 2.12. The molecule has 0 saturated heterocycles. The van der Waals surface area contributed by atoms with Crippen LogP contribution in [0.25, 0.3) is 0 Å². The molecule has 15 heavy (non-hydrogen) atoms. The average molecular weight is 208 g/mol. The first-order valence-corrected chi connectivity index (χ1v) is 5.54. The number of anilines is 1. The van der Waals surface area contributed by atoms with Gasteiger partial charge in [-0.3, -0.25) is 0 Å². The number of fused-ring (bicyclic) bond motifs is 1. The molecule has 0 spiro atoms. The molecule has 0 atom stereocenters. The molecule has 1 aliphatic heterocycles. The average Bonchev–Trinajstić information content (AvgIpc) is 2.29. The van der Waals surface area contributed by atoms with Crippen molar-refractivity contribution in [1.82, 2.24) is 15.3 Å². The highest BCUT2D eigenvalue weighted by molar-refractivity contribution is 5.46. The van der Waals surface area contributed by atoms with Crippen LogP contribution < -0.4 is 10.6 Å². The van der Waals surface area contributed by atoms with E-state index < -0.39 is 0 Å². The molecule has 1 aromatic rings. The van der Waals surface area contributed by atoms with E-state index in [0.29, 0.717) is 0 Å². The van der Waals surface area contributed by atoms with Gasteiger partial charge in [0, 0.05) is 19.2 Å². The Hall–Kier alpha value is -1.16. The molecule has 4 nitrogen and oxygen atoms in total. The fraction of sp³-hybridized carbons (Fsp3) is 0.636. The van der Waals surface area contributed by atoms with E-state index in [9.17, 15) is 0 Å². The van der Waals surface area contributed by atoms with Gasteiger partial charge in [0.15, 0.2) is 0 Å². The number of rotatable bonds is 1. The zero-order chi connectivity index (χ0) is 11.1. The molecular formula is C11H20N4. The maximum absolute atomic E-state index is 4.21. The maximum atomic E-state index is 4.21. The van der Waals surface area contributed by atoms with Crippen LogP contribution in [-0.2, 0) is 13.0 Å². The summed E-state index contributed by atoms with van der Waals surface area (Å²) in [5.74, 6) is 0.974. The predicted molar refractivity (Wildman–Crippen MR) is 63.0 cm³/mol. The molecule has 0 aliphatic carbocycles. The Morgan fingerprint density at radius 2 is 2.13 bits per heavy atom. The van der Waals surface area contributed by atoms with Crippen molar-refractivity contribution < 1.29 is 0 Å². The normalized spacial score (nSPS) is 13.5. The van der Waals surface area contributed by atoms with Crippen molar-refractivity contribution in [2.24, 2.45) is 0 Å². The first-order valence-electron chi connectivity index (χ1n) is 5.54. The number of nitrogens with zero attached hydrogens (tertiary/aromatic N) is 2. The zero-order valence-corrected chi connectivity index (χ0v) is 9.80. The molecule has 0 fully saturated rings. The summed E-state index contributed by atoms with van der Waals surface area (Å²) in [6.45, 7) is 6.14. The molecule has 2 heterocycles. The van der Waals surface area contributed by atoms with Crippen LogP contribution in [0.5, 0.6) is 0 Å². The SMILES string of the molecule is CCC.CNc1ncnc2c1CCNC2. The van der Waals surface area contributed by atoms with Crippen LogP contribution in [0.3, 0.4) is 0 Å². The van der Waals surface area contributed by atoms with Crippen molar-refractivity contribution in [3.8, 4) is 0 Å². The number of hydrogen-bond donors (Lipinski definition) is 2. The van der Waals surface area contributed by atoms with Crippen LogP contribution in [-0.4, -0.2) is 23.6 Å². The Morgan fingerprint density at radius 3 is 2.80 bits per heavy atom. The third kappa shape index (κ3) is 3.16. The Labute approximate surface area is 91.5 Å². The summed E-state index contributed by atoms with van der Waals surface area (Å²) in [5, 5.41) is 6.35. The summed E-state index contributed by atoms with van der Waals surface area (Å²) in [5.41, 5.74) is 2.39. The van der Waals surface area contributed by atoms with Crippen LogP contribution in [0.1, 0.15) is 31.5 Å². The lowest BCUT2D eigenvalue weighted by atomic mass is 10.1. The zero-order valence-electron chi connectivity index (χ0n) is 9.80. The van der Waals surface area contributed by atoms with Gasteiger partial charge in [0.2, 0.25) is 0 Å². The van der Waals surface area contributed by atoms with Crippen molar-refractivity contribution in [2.75, 3.05) is 18.9 Å². The molecule has 0 saturated carbocycles. The van der Waals surface area contributed by atoms with Crippen LogP contribution >= 0.6 is 0 Å². The van der Waals surface area contributed by atoms with Crippen LogP contribution in [0.15, 0.2) is 6.33 Å². The minimum atomic E-state index is 0.868. The van der Waals surface area contributed by atoms with Crippen LogP contribution in [0, 0.1) is 0 Å². The van der Waals surface area contributed by atoms with E-state index >= 15 is 0 Å². The summed E-state index contributed by atoms with van der Waals surface area (Å²) >= 11 is 0. The van der Waals surface area contributed by atoms with Gasteiger partial charge in [-0.25, -0.2) is 9.97 Å². The summed E-state index contributed by atoms with van der Waals surface area (Å²) < 4.78 is 0. The molecule has 1 aromatic heterocycles. The molecular weight excluding hydrogens is 188 g/mol. The van der Waals surface area contributed by atoms with Gasteiger partial charge in [-0.2, -0.15) is 0 Å². The monoisotopic (exact) mass is 208 g/mol. The smallest absolute Gasteiger partial charge is 0.132 e. The summed E-state index contributed by atoms with van der Waals surface area (Å²) in [6, 6.07) is 0. The van der Waals surface area contributed by atoms with Crippen molar-refractivity contribution >= 4 is 5.82 Å². The van der Waals surface area contributed by atoms with E-state index in [1.807, 2.05) is 7.05 Å². The molecule has 4 heteroatoms. The van der Waals surface area contributed by atoms with Crippen molar-refractivity contribution in [1.29, 1.82) is 0 Å². The second-order valence-corrected chi connectivity index (χ2v) is 3.53. The lowest BCUT2D eigenvalue weighted by Gasteiger charge is -2.17. The van der Waals surface area contributed by atoms with Crippen LogP contribution in [0.4, 0.5) is 5.82 Å². The van der Waals surface area contributed by atoms with Gasteiger partial charge in [0.1, 0.15) is 12.1 Å². The molecule has 0 aromatic carbocycles. The maximum Gasteiger partial charge on any atom is 0.132 e. The van der Waals surface area contributed by atoms with Crippen molar-refractivity contribution in [2.45, 2.75) is 33.2 Å². The highest BCUT2D eigenvalue weighted by atomic mass is 15.0. The third-order valence-electron chi connectivity index (χ3n) is 2.12. The van der Waals surface area contributed by atoms with Crippen molar-refractivity contribution in [3.05, 3.63) is 17.6 Å². The van der Waals surface area contributed by atoms with Gasteiger partial charge in [-0.1, -0.05) is 20.3 Å². The predicted octanol–water partition coefficient (Wildman–Crippen LogP) is 1.58. The summed E-state index contributed by atoms with van der Waals surface area (Å²) in [7, 11) is 1.89. The highest BCUT2D eigenvalue weighted by Gasteiger charge is 2.13. The lowest BCUT2D eigenvalue weighted by Crippen LogP contribution is -2.25. The van der Waals surface area contributed by atoms with Crippen molar-refractivity contribution in [3.63, 3.8) is 0 Å². The van der Waals surface area contributed by atoms with Gasteiger partial charge in [-0.05, 0) is 13.0 Å². The molecule has 0 bridgehead atoms. The molecule has 1 aliphatic rings. The van der Waals surface area contributed by atoms with E-state index in [0.717, 1.165) is 31.0 Å². The molecule has 0 unspecified atom stereocenters. The van der Waals surface area contributed by atoms with Gasteiger partial charge in [0.25, 0.3) is 0 Å². The van der Waals surface area contributed by atoms with Crippen LogP contribution in [0.2, 0.25) is 0 Å². The molecule has 2 rings (SSSR count). The first kappa shape index (κ1) is 11.9. The van der Waals surface area contributed by atoms with E-state index in [4.69, 9.17) is 0 Å². The van der Waals surface area contributed by atoms with E-state index in [1.54, 1.807) is 6.33 Å². The van der Waals surface area contributed by atoms with Gasteiger partial charge >= 0.3 is 0 Å². The lowest BCUT2D eigenvalue weighted by molar-refractivity contribution is 0.624. The summed E-state index contributed by atoms with van der Waals surface area (Å²) in [4.78, 5) is 8.37. The fourth-order valence-electron chi connectivity index (χ4n) is 1.50. The van der Waals surface area contributed by atoms with E-state index in [1.165, 1.54) is 12.0 Å². The highest BCUT2D eigenvalue weighted by Crippen LogP contribution is 2.17. The summed E-state index contributed by atoms with van der Waals surface area (Å²) in [6.07, 6.45) is 3.88. The Balaban J connectivity index is 0.000000337. The van der Waals surface area contributed by atoms with Gasteiger partial charge in [-0.15, -0.1) is 0 Å². The Kier molecular flexibility index (Phi) is 5.04. The second kappa shape index (κ2) is 6.35. The molecule has 0 amide bonds. The van der Waals surface area contributed by atoms with Gasteiger partial charge < -0.3 is 10.6 Å². The second-order valence-electron chi connectivity index (χ2n) is 3.53.